The van der Waals surface area contributed by atoms with Crippen molar-refractivity contribution in [3.8, 4) is 0 Å². The maximum Gasteiger partial charge on any atom is 0.337 e. The van der Waals surface area contributed by atoms with Crippen LogP contribution in [-0.4, -0.2) is 83.4 Å². The van der Waals surface area contributed by atoms with Gasteiger partial charge in [-0.2, -0.15) is 0 Å². The van der Waals surface area contributed by atoms with Gasteiger partial charge in [-0.25, -0.2) is 4.79 Å². The van der Waals surface area contributed by atoms with Crippen molar-refractivity contribution >= 4 is 12.3 Å². The average Bonchev–Trinajstić information content (AvgIpc) is 2.68. The molecule has 0 aliphatic carbocycles. The van der Waals surface area contributed by atoms with Gasteiger partial charge in [0.1, 0.15) is 30.7 Å². The summed E-state index contributed by atoms with van der Waals surface area (Å²) in [6, 6.07) is 0. The molecule has 27 heavy (non-hydrogen) atoms. The molecular weight excluding hydrogens is 364 g/mol. The van der Waals surface area contributed by atoms with E-state index in [9.17, 15) is 30.0 Å². The monoisotopic (exact) mass is 388 g/mol. The number of aldehydes is 1. The first-order valence-electron chi connectivity index (χ1n) is 8.35. The van der Waals surface area contributed by atoms with E-state index in [1.165, 1.54) is 13.2 Å². The number of carbonyl (C=O) groups excluding carboxylic acids is 2. The normalized spacial score (nSPS) is 39.1. The Morgan fingerprint density at radius 3 is 2.52 bits per heavy atom. The molecule has 2 aliphatic rings. The SMILES string of the molecule is C=C[C@H]1[C@H](O[C@@H]2O[C@H](CO)[C@H](O)[C@@H](O)[C@H]2O)OC=C(C(=O)OC)[C@H]1CC=O. The first kappa shape index (κ1) is 21.5. The van der Waals surface area contributed by atoms with E-state index < -0.39 is 61.4 Å². The van der Waals surface area contributed by atoms with Crippen molar-refractivity contribution in [2.75, 3.05) is 13.7 Å². The number of rotatable bonds is 7. The van der Waals surface area contributed by atoms with Crippen LogP contribution >= 0.6 is 0 Å². The third kappa shape index (κ3) is 4.37. The quantitative estimate of drug-likeness (QED) is 0.224. The van der Waals surface area contributed by atoms with Gasteiger partial charge in [0.15, 0.2) is 6.29 Å². The van der Waals surface area contributed by atoms with E-state index in [0.29, 0.717) is 6.29 Å². The van der Waals surface area contributed by atoms with Gasteiger partial charge in [0.25, 0.3) is 0 Å². The van der Waals surface area contributed by atoms with Gasteiger partial charge < -0.3 is 44.2 Å². The highest BCUT2D eigenvalue weighted by molar-refractivity contribution is 5.89. The van der Waals surface area contributed by atoms with Crippen LogP contribution in [0.4, 0.5) is 0 Å². The lowest BCUT2D eigenvalue weighted by Gasteiger charge is -2.42. The summed E-state index contributed by atoms with van der Waals surface area (Å²) in [4.78, 5) is 23.0. The summed E-state index contributed by atoms with van der Waals surface area (Å²) >= 11 is 0. The zero-order valence-corrected chi connectivity index (χ0v) is 14.7. The molecule has 2 rings (SSSR count). The van der Waals surface area contributed by atoms with Gasteiger partial charge in [0, 0.05) is 18.3 Å². The molecule has 0 aromatic rings. The third-order valence-electron chi connectivity index (χ3n) is 4.67. The van der Waals surface area contributed by atoms with Crippen molar-refractivity contribution in [1.82, 2.24) is 0 Å². The Bertz CT molecular complexity index is 574. The lowest BCUT2D eigenvalue weighted by molar-refractivity contribution is -0.339. The van der Waals surface area contributed by atoms with Crippen molar-refractivity contribution < 1.29 is 49.0 Å². The van der Waals surface area contributed by atoms with Gasteiger partial charge in [0.2, 0.25) is 6.29 Å². The Labute approximate surface area is 155 Å². The van der Waals surface area contributed by atoms with Crippen LogP contribution in [0.5, 0.6) is 0 Å². The van der Waals surface area contributed by atoms with Crippen LogP contribution in [0.25, 0.3) is 0 Å². The van der Waals surface area contributed by atoms with Crippen LogP contribution in [0, 0.1) is 11.8 Å². The smallest absolute Gasteiger partial charge is 0.337 e. The molecule has 2 aliphatic heterocycles. The highest BCUT2D eigenvalue weighted by atomic mass is 16.8. The second-order valence-corrected chi connectivity index (χ2v) is 6.22. The molecule has 1 fully saturated rings. The fraction of sp³-hybridized carbons (Fsp3) is 0.647. The molecule has 1 saturated heterocycles. The van der Waals surface area contributed by atoms with Gasteiger partial charge in [-0.15, -0.1) is 6.58 Å². The summed E-state index contributed by atoms with van der Waals surface area (Å²) in [5.74, 6) is -1.99. The van der Waals surface area contributed by atoms with E-state index in [2.05, 4.69) is 11.3 Å². The molecule has 0 unspecified atom stereocenters. The van der Waals surface area contributed by atoms with Crippen molar-refractivity contribution in [3.63, 3.8) is 0 Å². The Hall–Kier alpha value is -1.82. The minimum atomic E-state index is -1.62. The number of aliphatic hydroxyl groups is 4. The van der Waals surface area contributed by atoms with Gasteiger partial charge in [-0.3, -0.25) is 0 Å². The van der Waals surface area contributed by atoms with Crippen molar-refractivity contribution in [1.29, 1.82) is 0 Å². The first-order chi connectivity index (χ1) is 12.9. The molecular formula is C17H24O10. The Morgan fingerprint density at radius 1 is 1.26 bits per heavy atom. The Balaban J connectivity index is 2.22. The number of methoxy groups -OCH3 is 1. The summed E-state index contributed by atoms with van der Waals surface area (Å²) in [7, 11) is 1.20. The lowest BCUT2D eigenvalue weighted by atomic mass is 9.82. The number of ether oxygens (including phenoxy) is 4. The molecule has 0 amide bonds. The molecule has 0 saturated carbocycles. The van der Waals surface area contributed by atoms with Crippen LogP contribution in [0.15, 0.2) is 24.5 Å². The predicted octanol–water partition coefficient (Wildman–Crippen LogP) is -1.78. The van der Waals surface area contributed by atoms with Gasteiger partial charge in [-0.1, -0.05) is 6.08 Å². The first-order valence-corrected chi connectivity index (χ1v) is 8.35. The molecule has 152 valence electrons. The van der Waals surface area contributed by atoms with E-state index in [0.717, 1.165) is 6.26 Å². The maximum absolute atomic E-state index is 11.9. The molecule has 10 nitrogen and oxygen atoms in total. The second-order valence-electron chi connectivity index (χ2n) is 6.22. The van der Waals surface area contributed by atoms with E-state index >= 15 is 0 Å². The molecule has 10 heteroatoms. The summed E-state index contributed by atoms with van der Waals surface area (Å²) in [5.41, 5.74) is 0.128. The molecule has 0 bridgehead atoms. The summed E-state index contributed by atoms with van der Waals surface area (Å²) in [6.07, 6.45) is -5.31. The highest BCUT2D eigenvalue weighted by Crippen LogP contribution is 2.36. The lowest BCUT2D eigenvalue weighted by Crippen LogP contribution is -2.60. The number of esters is 1. The minimum Gasteiger partial charge on any atom is -0.471 e. The molecule has 0 spiro atoms. The van der Waals surface area contributed by atoms with Crippen LogP contribution in [-0.2, 0) is 28.5 Å². The number of aliphatic hydroxyl groups excluding tert-OH is 4. The minimum absolute atomic E-state index is 0.0322. The molecule has 2 heterocycles. The zero-order valence-electron chi connectivity index (χ0n) is 14.7. The molecule has 8 atom stereocenters. The number of hydrogen-bond donors (Lipinski definition) is 4. The summed E-state index contributed by atoms with van der Waals surface area (Å²) in [5, 5.41) is 39.0. The largest absolute Gasteiger partial charge is 0.471 e. The average molecular weight is 388 g/mol. The topological polar surface area (TPSA) is 152 Å². The fourth-order valence-electron chi connectivity index (χ4n) is 3.13. The third-order valence-corrected chi connectivity index (χ3v) is 4.67. The summed E-state index contributed by atoms with van der Waals surface area (Å²) < 4.78 is 21.0. The van der Waals surface area contributed by atoms with E-state index in [1.54, 1.807) is 0 Å². The standard InChI is InChI=1S/C17H24O10/c1-3-8-9(4-5-18)10(15(23)24-2)7-25-16(8)27-17-14(22)13(21)12(20)11(6-19)26-17/h3,5,7-9,11-14,16-17,19-22H,1,4,6H2,2H3/t8-,9+,11-,12+,13-,14-,16+,17+/m1/s1. The van der Waals surface area contributed by atoms with Crippen molar-refractivity contribution in [3.05, 3.63) is 24.5 Å². The predicted molar refractivity (Wildman–Crippen MR) is 87.7 cm³/mol. The number of hydrogen-bond acceptors (Lipinski definition) is 10. The van der Waals surface area contributed by atoms with E-state index in [-0.39, 0.29) is 12.0 Å². The van der Waals surface area contributed by atoms with Gasteiger partial charge in [0.05, 0.1) is 25.6 Å². The van der Waals surface area contributed by atoms with Crippen LogP contribution < -0.4 is 0 Å². The zero-order chi connectivity index (χ0) is 20.1. The maximum atomic E-state index is 11.9. The van der Waals surface area contributed by atoms with Crippen LogP contribution in [0.1, 0.15) is 6.42 Å². The summed E-state index contributed by atoms with van der Waals surface area (Å²) in [6.45, 7) is 3.06. The number of carbonyl (C=O) groups is 2. The van der Waals surface area contributed by atoms with Gasteiger partial charge in [-0.05, 0) is 0 Å². The fourth-order valence-corrected chi connectivity index (χ4v) is 3.13. The molecule has 0 radical (unpaired) electrons. The molecule has 0 aromatic carbocycles. The Morgan fingerprint density at radius 2 is 1.96 bits per heavy atom. The van der Waals surface area contributed by atoms with Gasteiger partial charge >= 0.3 is 5.97 Å². The van der Waals surface area contributed by atoms with E-state index in [1.807, 2.05) is 0 Å². The molecule has 4 N–H and O–H groups in total. The highest BCUT2D eigenvalue weighted by Gasteiger charge is 2.47. The van der Waals surface area contributed by atoms with Crippen molar-refractivity contribution in [2.45, 2.75) is 43.4 Å². The van der Waals surface area contributed by atoms with E-state index in [4.69, 9.17) is 14.2 Å². The Kier molecular flexibility index (Phi) is 7.48. The second kappa shape index (κ2) is 9.40. The van der Waals surface area contributed by atoms with Crippen LogP contribution in [0.2, 0.25) is 0 Å². The van der Waals surface area contributed by atoms with Crippen molar-refractivity contribution in [2.24, 2.45) is 11.8 Å². The van der Waals surface area contributed by atoms with Crippen LogP contribution in [0.3, 0.4) is 0 Å². The molecule has 0 aromatic heterocycles.